The predicted octanol–water partition coefficient (Wildman–Crippen LogP) is 2.53. The molecule has 0 bridgehead atoms. The van der Waals surface area contributed by atoms with Gasteiger partial charge in [0.15, 0.2) is 5.65 Å². The first kappa shape index (κ1) is 17.9. The Balaban J connectivity index is 1.47. The molecule has 28 heavy (non-hydrogen) atoms. The van der Waals surface area contributed by atoms with Gasteiger partial charge >= 0.3 is 0 Å². The van der Waals surface area contributed by atoms with E-state index in [1.165, 1.54) is 5.56 Å². The minimum Gasteiger partial charge on any atom is -0.341 e. The van der Waals surface area contributed by atoms with Crippen LogP contribution >= 0.6 is 0 Å². The first-order valence-corrected chi connectivity index (χ1v) is 9.18. The zero-order valence-corrected chi connectivity index (χ0v) is 16.0. The molecular weight excluding hydrogens is 352 g/mol. The summed E-state index contributed by atoms with van der Waals surface area (Å²) in [7, 11) is 3.69. The molecule has 3 aromatic heterocycles. The van der Waals surface area contributed by atoms with E-state index in [0.717, 1.165) is 23.1 Å². The van der Waals surface area contributed by atoms with Gasteiger partial charge < -0.3 is 9.47 Å². The fourth-order valence-corrected chi connectivity index (χ4v) is 3.18. The lowest BCUT2D eigenvalue weighted by Gasteiger charge is -2.16. The molecule has 0 aliphatic carbocycles. The normalized spacial score (nSPS) is 11.1. The smallest absolute Gasteiger partial charge is 0.255 e. The van der Waals surface area contributed by atoms with E-state index in [4.69, 9.17) is 0 Å². The van der Waals surface area contributed by atoms with Crippen LogP contribution in [0.15, 0.2) is 61.3 Å². The summed E-state index contributed by atoms with van der Waals surface area (Å²) in [5, 5.41) is 4.16. The summed E-state index contributed by atoms with van der Waals surface area (Å²) >= 11 is 0. The molecule has 0 aliphatic heterocycles. The second-order valence-electron chi connectivity index (χ2n) is 6.92. The number of hydrogen-bond donors (Lipinski definition) is 0. The van der Waals surface area contributed by atoms with E-state index in [-0.39, 0.29) is 5.91 Å². The largest absolute Gasteiger partial charge is 0.341 e. The molecule has 0 radical (unpaired) electrons. The summed E-state index contributed by atoms with van der Waals surface area (Å²) in [5.41, 5.74) is 4.33. The van der Waals surface area contributed by atoms with Crippen molar-refractivity contribution >= 4 is 17.1 Å². The van der Waals surface area contributed by atoms with E-state index in [0.29, 0.717) is 18.7 Å². The second kappa shape index (κ2) is 7.64. The number of fused-ring (bicyclic) bond motifs is 1. The quantitative estimate of drug-likeness (QED) is 0.520. The molecular formula is C21H22N6O. The maximum absolute atomic E-state index is 12.7. The molecule has 3 heterocycles. The van der Waals surface area contributed by atoms with Crippen LogP contribution < -0.4 is 0 Å². The fourth-order valence-electron chi connectivity index (χ4n) is 3.18. The van der Waals surface area contributed by atoms with Crippen LogP contribution in [0.2, 0.25) is 0 Å². The van der Waals surface area contributed by atoms with Crippen LogP contribution in [-0.2, 0) is 20.0 Å². The molecule has 0 atom stereocenters. The molecule has 0 N–H and O–H groups in total. The van der Waals surface area contributed by atoms with Crippen LogP contribution in [0.25, 0.3) is 11.2 Å². The third-order valence-corrected chi connectivity index (χ3v) is 4.74. The highest BCUT2D eigenvalue weighted by Crippen LogP contribution is 2.15. The zero-order chi connectivity index (χ0) is 19.5. The number of carbonyl (C=O) groups excluding carboxylic acids is 1. The molecule has 142 valence electrons. The summed E-state index contributed by atoms with van der Waals surface area (Å²) in [4.78, 5) is 23.4. The van der Waals surface area contributed by atoms with E-state index in [9.17, 15) is 4.79 Å². The van der Waals surface area contributed by atoms with Crippen molar-refractivity contribution in [3.8, 4) is 0 Å². The Morgan fingerprint density at radius 1 is 1.11 bits per heavy atom. The van der Waals surface area contributed by atoms with Crippen molar-refractivity contribution in [2.24, 2.45) is 7.05 Å². The van der Waals surface area contributed by atoms with E-state index >= 15 is 0 Å². The maximum atomic E-state index is 12.7. The highest BCUT2D eigenvalue weighted by Gasteiger charge is 2.15. The van der Waals surface area contributed by atoms with Crippen LogP contribution in [0.1, 0.15) is 21.5 Å². The lowest BCUT2D eigenvalue weighted by molar-refractivity contribution is 0.0796. The van der Waals surface area contributed by atoms with Crippen molar-refractivity contribution in [3.63, 3.8) is 0 Å². The highest BCUT2D eigenvalue weighted by atomic mass is 16.2. The number of benzene rings is 1. The molecule has 1 amide bonds. The summed E-state index contributed by atoms with van der Waals surface area (Å²) in [6.45, 7) is 1.31. The summed E-state index contributed by atoms with van der Waals surface area (Å²) in [6, 6.07) is 12.0. The first-order valence-electron chi connectivity index (χ1n) is 9.18. The van der Waals surface area contributed by atoms with Crippen LogP contribution in [-0.4, -0.2) is 48.7 Å². The van der Waals surface area contributed by atoms with Crippen LogP contribution in [0.5, 0.6) is 0 Å². The number of aryl methyl sites for hydroxylation is 1. The molecule has 0 saturated heterocycles. The SMILES string of the molecule is CN(CCc1cnn(C)c1)C(=O)c1cnc2c(c1)ncn2Cc1ccccc1. The van der Waals surface area contributed by atoms with Crippen LogP contribution in [0.3, 0.4) is 0 Å². The molecule has 0 spiro atoms. The Kier molecular flexibility index (Phi) is 4.89. The van der Waals surface area contributed by atoms with Crippen molar-refractivity contribution in [1.82, 2.24) is 29.2 Å². The molecule has 0 fully saturated rings. The molecule has 0 aliphatic rings. The lowest BCUT2D eigenvalue weighted by atomic mass is 10.2. The van der Waals surface area contributed by atoms with Gasteiger partial charge in [-0.05, 0) is 23.6 Å². The lowest BCUT2D eigenvalue weighted by Crippen LogP contribution is -2.28. The number of carbonyl (C=O) groups is 1. The van der Waals surface area contributed by atoms with Gasteiger partial charge in [-0.2, -0.15) is 5.10 Å². The third kappa shape index (κ3) is 3.78. The Morgan fingerprint density at radius 3 is 2.68 bits per heavy atom. The van der Waals surface area contributed by atoms with E-state index in [1.54, 1.807) is 29.2 Å². The summed E-state index contributed by atoms with van der Waals surface area (Å²) in [5.74, 6) is -0.0594. The zero-order valence-electron chi connectivity index (χ0n) is 16.0. The van der Waals surface area contributed by atoms with Crippen LogP contribution in [0, 0.1) is 0 Å². The average molecular weight is 374 g/mol. The third-order valence-electron chi connectivity index (χ3n) is 4.74. The number of nitrogens with zero attached hydrogens (tertiary/aromatic N) is 6. The second-order valence-corrected chi connectivity index (χ2v) is 6.92. The van der Waals surface area contributed by atoms with Crippen molar-refractivity contribution in [1.29, 1.82) is 0 Å². The average Bonchev–Trinajstić information content (AvgIpc) is 3.32. The van der Waals surface area contributed by atoms with Gasteiger partial charge in [0.05, 0.1) is 24.6 Å². The number of rotatable bonds is 6. The Bertz CT molecular complexity index is 1100. The van der Waals surface area contributed by atoms with Crippen molar-refractivity contribution < 1.29 is 4.79 Å². The first-order chi connectivity index (χ1) is 13.6. The molecule has 7 nitrogen and oxygen atoms in total. The summed E-state index contributed by atoms with van der Waals surface area (Å²) < 4.78 is 3.76. The molecule has 1 aromatic carbocycles. The van der Waals surface area contributed by atoms with Gasteiger partial charge in [-0.15, -0.1) is 0 Å². The fraction of sp³-hybridized carbons (Fsp3) is 0.238. The highest BCUT2D eigenvalue weighted by molar-refractivity contribution is 5.96. The molecule has 7 heteroatoms. The van der Waals surface area contributed by atoms with Gasteiger partial charge in [-0.3, -0.25) is 9.48 Å². The van der Waals surface area contributed by atoms with E-state index in [1.807, 2.05) is 48.3 Å². The van der Waals surface area contributed by atoms with E-state index < -0.39 is 0 Å². The number of likely N-dealkylation sites (N-methyl/N-ethyl adjacent to an activating group) is 1. The topological polar surface area (TPSA) is 68.8 Å². The number of aromatic nitrogens is 5. The minimum atomic E-state index is -0.0594. The monoisotopic (exact) mass is 374 g/mol. The van der Waals surface area contributed by atoms with Crippen LogP contribution in [0.4, 0.5) is 0 Å². The van der Waals surface area contributed by atoms with Crippen molar-refractivity contribution in [2.45, 2.75) is 13.0 Å². The summed E-state index contributed by atoms with van der Waals surface area (Å²) in [6.07, 6.45) is 7.95. The predicted molar refractivity (Wildman–Crippen MR) is 107 cm³/mol. The Hall–Kier alpha value is -3.48. The van der Waals surface area contributed by atoms with E-state index in [2.05, 4.69) is 27.2 Å². The van der Waals surface area contributed by atoms with Crippen molar-refractivity contribution in [2.75, 3.05) is 13.6 Å². The molecule has 4 rings (SSSR count). The van der Waals surface area contributed by atoms with Gasteiger partial charge in [0.25, 0.3) is 5.91 Å². The van der Waals surface area contributed by atoms with Gasteiger partial charge in [-0.25, -0.2) is 9.97 Å². The van der Waals surface area contributed by atoms with Gasteiger partial charge in [-0.1, -0.05) is 30.3 Å². The Labute approximate surface area is 163 Å². The van der Waals surface area contributed by atoms with Gasteiger partial charge in [0.2, 0.25) is 0 Å². The van der Waals surface area contributed by atoms with Crippen molar-refractivity contribution in [3.05, 3.63) is 78.0 Å². The number of pyridine rings is 1. The standard InChI is InChI=1S/C21H22N6O/c1-25(9-8-17-11-24-26(2)13-17)21(28)18-10-19-20(22-12-18)27(15-23-19)14-16-6-4-3-5-7-16/h3-7,10-13,15H,8-9,14H2,1-2H3. The minimum absolute atomic E-state index is 0.0594. The molecule has 4 aromatic rings. The molecule has 0 unspecified atom stereocenters. The van der Waals surface area contributed by atoms with Gasteiger partial charge in [0, 0.05) is 33.0 Å². The number of imidazole rings is 1. The van der Waals surface area contributed by atoms with Gasteiger partial charge in [0.1, 0.15) is 5.52 Å². The maximum Gasteiger partial charge on any atom is 0.255 e. The molecule has 0 saturated carbocycles. The Morgan fingerprint density at radius 2 is 1.93 bits per heavy atom. The number of hydrogen-bond acceptors (Lipinski definition) is 4. The number of amides is 1.